The number of aliphatic hydroxyl groups is 1. The molecule has 0 radical (unpaired) electrons. The molecule has 0 fully saturated rings. The van der Waals surface area contributed by atoms with Crippen LogP contribution in [0.25, 0.3) is 0 Å². The molecule has 3 aromatic carbocycles. The Morgan fingerprint density at radius 2 is 1.45 bits per heavy atom. The Bertz CT molecular complexity index is 809. The van der Waals surface area contributed by atoms with Gasteiger partial charge < -0.3 is 15.2 Å². The summed E-state index contributed by atoms with van der Waals surface area (Å²) in [5.74, 6) is 0.893. The molecule has 0 saturated carbocycles. The molecule has 2 atom stereocenters. The monoisotopic (exact) mass is 411 g/mol. The highest BCUT2D eigenvalue weighted by atomic mass is 35.5. The zero-order valence-corrected chi connectivity index (χ0v) is 17.6. The molecule has 1 unspecified atom stereocenters. The maximum Gasteiger partial charge on any atom is 0.119 e. The maximum absolute atomic E-state index is 10.2. The van der Waals surface area contributed by atoms with Crippen LogP contribution in [-0.4, -0.2) is 17.7 Å². The van der Waals surface area contributed by atoms with Crippen LogP contribution in [0.3, 0.4) is 0 Å². The lowest BCUT2D eigenvalue weighted by molar-refractivity contribution is 0.170. The number of rotatable bonds is 10. The van der Waals surface area contributed by atoms with Crippen molar-refractivity contribution in [1.29, 1.82) is 0 Å². The molecule has 0 bridgehead atoms. The molecule has 3 rings (SSSR count). The fraction of sp³-hybridized carbons (Fsp3) is 0.280. The Balaban J connectivity index is 0.00000300. The second-order valence-electron chi connectivity index (χ2n) is 7.19. The molecular formula is C25H30ClNO2. The van der Waals surface area contributed by atoms with Crippen LogP contribution in [0, 0.1) is 0 Å². The van der Waals surface area contributed by atoms with Crippen molar-refractivity contribution in [2.45, 2.75) is 38.5 Å². The summed E-state index contributed by atoms with van der Waals surface area (Å²) in [6.07, 6.45) is 1.55. The highest BCUT2D eigenvalue weighted by Crippen LogP contribution is 2.16. The predicted molar refractivity (Wildman–Crippen MR) is 122 cm³/mol. The lowest BCUT2D eigenvalue weighted by Crippen LogP contribution is -2.30. The second kappa shape index (κ2) is 12.3. The van der Waals surface area contributed by atoms with Crippen molar-refractivity contribution in [3.05, 3.63) is 102 Å². The van der Waals surface area contributed by atoms with Crippen LogP contribution in [0.15, 0.2) is 84.9 Å². The molecule has 3 nitrogen and oxygen atoms in total. The molecule has 154 valence electrons. The van der Waals surface area contributed by atoms with Gasteiger partial charge >= 0.3 is 0 Å². The number of benzene rings is 3. The minimum atomic E-state index is -0.468. The Morgan fingerprint density at radius 1 is 0.828 bits per heavy atom. The first-order chi connectivity index (χ1) is 13.7. The van der Waals surface area contributed by atoms with E-state index >= 15 is 0 Å². The highest BCUT2D eigenvalue weighted by Gasteiger charge is 2.09. The first-order valence-electron chi connectivity index (χ1n) is 9.93. The summed E-state index contributed by atoms with van der Waals surface area (Å²) in [5, 5.41) is 13.7. The van der Waals surface area contributed by atoms with Crippen molar-refractivity contribution < 1.29 is 9.84 Å². The van der Waals surface area contributed by atoms with Crippen LogP contribution < -0.4 is 10.1 Å². The van der Waals surface area contributed by atoms with E-state index in [1.807, 2.05) is 60.7 Å². The molecule has 0 aliphatic rings. The van der Waals surface area contributed by atoms with Crippen molar-refractivity contribution in [2.24, 2.45) is 0 Å². The van der Waals surface area contributed by atoms with E-state index in [9.17, 15) is 5.11 Å². The molecule has 4 heteroatoms. The molecule has 0 saturated heterocycles. The topological polar surface area (TPSA) is 41.5 Å². The van der Waals surface area contributed by atoms with E-state index in [2.05, 4.69) is 36.5 Å². The molecule has 0 aliphatic carbocycles. The van der Waals surface area contributed by atoms with Gasteiger partial charge in [0.1, 0.15) is 12.4 Å². The average molecular weight is 412 g/mol. The summed E-state index contributed by atoms with van der Waals surface area (Å²) in [6, 6.07) is 28.7. The zero-order chi connectivity index (χ0) is 19.6. The minimum absolute atomic E-state index is 0. The Hall–Kier alpha value is -2.33. The van der Waals surface area contributed by atoms with Crippen LogP contribution in [-0.2, 0) is 13.0 Å². The fourth-order valence-corrected chi connectivity index (χ4v) is 3.08. The number of ether oxygens (including phenoxy) is 1. The van der Waals surface area contributed by atoms with Crippen LogP contribution in [0.2, 0.25) is 0 Å². The molecule has 0 heterocycles. The quantitative estimate of drug-likeness (QED) is 0.473. The third-order valence-electron chi connectivity index (χ3n) is 4.88. The molecule has 0 spiro atoms. The van der Waals surface area contributed by atoms with Crippen molar-refractivity contribution >= 4 is 12.4 Å². The first-order valence-corrected chi connectivity index (χ1v) is 9.93. The van der Waals surface area contributed by atoms with Gasteiger partial charge in [-0.25, -0.2) is 0 Å². The van der Waals surface area contributed by atoms with E-state index in [4.69, 9.17) is 4.74 Å². The third kappa shape index (κ3) is 7.90. The van der Waals surface area contributed by atoms with Crippen molar-refractivity contribution in [3.8, 4) is 5.75 Å². The molecule has 2 N–H and O–H groups in total. The van der Waals surface area contributed by atoms with Gasteiger partial charge in [0, 0.05) is 12.6 Å². The van der Waals surface area contributed by atoms with Gasteiger partial charge in [0.2, 0.25) is 0 Å². The Labute approximate surface area is 180 Å². The summed E-state index contributed by atoms with van der Waals surface area (Å²) in [5.41, 5.74) is 3.42. The highest BCUT2D eigenvalue weighted by molar-refractivity contribution is 5.85. The lowest BCUT2D eigenvalue weighted by Gasteiger charge is -2.17. The summed E-state index contributed by atoms with van der Waals surface area (Å²) in [7, 11) is 0. The largest absolute Gasteiger partial charge is 0.489 e. The third-order valence-corrected chi connectivity index (χ3v) is 4.88. The van der Waals surface area contributed by atoms with E-state index in [0.717, 1.165) is 24.2 Å². The van der Waals surface area contributed by atoms with Crippen LogP contribution in [0.5, 0.6) is 5.75 Å². The summed E-state index contributed by atoms with van der Waals surface area (Å²) >= 11 is 0. The maximum atomic E-state index is 10.2. The van der Waals surface area contributed by atoms with Gasteiger partial charge in [-0.05, 0) is 48.6 Å². The van der Waals surface area contributed by atoms with E-state index in [-0.39, 0.29) is 12.4 Å². The number of halogens is 1. The number of hydrogen-bond donors (Lipinski definition) is 2. The molecule has 3 aromatic rings. The van der Waals surface area contributed by atoms with Gasteiger partial charge in [-0.3, -0.25) is 0 Å². The average Bonchev–Trinajstić information content (AvgIpc) is 2.76. The van der Waals surface area contributed by atoms with E-state index in [0.29, 0.717) is 19.2 Å². The number of aryl methyl sites for hydroxylation is 1. The van der Waals surface area contributed by atoms with Gasteiger partial charge in [0.25, 0.3) is 0 Å². The number of nitrogens with one attached hydrogen (secondary N) is 1. The van der Waals surface area contributed by atoms with Crippen molar-refractivity contribution in [1.82, 2.24) is 5.32 Å². The predicted octanol–water partition coefficient (Wildman–Crippen LogP) is 5.33. The van der Waals surface area contributed by atoms with E-state index in [1.165, 1.54) is 11.1 Å². The van der Waals surface area contributed by atoms with Crippen LogP contribution >= 0.6 is 12.4 Å². The SMILES string of the molecule is C[C@H](CCc1ccc(OCc2ccccc2)cc1)NCC(O)c1ccccc1.Cl. The summed E-state index contributed by atoms with van der Waals surface area (Å²) in [6.45, 7) is 3.32. The van der Waals surface area contributed by atoms with E-state index < -0.39 is 6.10 Å². The lowest BCUT2D eigenvalue weighted by atomic mass is 10.1. The molecule has 0 amide bonds. The molecule has 0 aromatic heterocycles. The minimum Gasteiger partial charge on any atom is -0.489 e. The van der Waals surface area contributed by atoms with Gasteiger partial charge in [-0.1, -0.05) is 72.8 Å². The fourth-order valence-electron chi connectivity index (χ4n) is 3.08. The first kappa shape index (κ1) is 23.0. The van der Waals surface area contributed by atoms with Gasteiger partial charge in [0.15, 0.2) is 0 Å². The van der Waals surface area contributed by atoms with Gasteiger partial charge in [0.05, 0.1) is 6.10 Å². The van der Waals surface area contributed by atoms with Crippen LogP contribution in [0.1, 0.15) is 36.1 Å². The Kier molecular flexibility index (Phi) is 9.72. The van der Waals surface area contributed by atoms with E-state index in [1.54, 1.807) is 0 Å². The van der Waals surface area contributed by atoms with Crippen molar-refractivity contribution in [3.63, 3.8) is 0 Å². The van der Waals surface area contributed by atoms with Crippen LogP contribution in [0.4, 0.5) is 0 Å². The standard InChI is InChI=1S/C25H29NO2.ClH/c1-20(26-18-25(27)23-10-6-3-7-11-23)12-13-21-14-16-24(17-15-21)28-19-22-8-4-2-5-9-22;/h2-11,14-17,20,25-27H,12-13,18-19H2,1H3;1H/t20-,25?;/m1./s1. The number of hydrogen-bond acceptors (Lipinski definition) is 3. The molecular weight excluding hydrogens is 382 g/mol. The van der Waals surface area contributed by atoms with Crippen molar-refractivity contribution in [2.75, 3.05) is 6.54 Å². The summed E-state index contributed by atoms with van der Waals surface area (Å²) in [4.78, 5) is 0. The normalized spacial score (nSPS) is 12.6. The van der Waals surface area contributed by atoms with Gasteiger partial charge in [-0.2, -0.15) is 0 Å². The number of aliphatic hydroxyl groups excluding tert-OH is 1. The summed E-state index contributed by atoms with van der Waals surface area (Å²) < 4.78 is 5.84. The second-order valence-corrected chi connectivity index (χ2v) is 7.19. The molecule has 0 aliphatic heterocycles. The Morgan fingerprint density at radius 3 is 2.10 bits per heavy atom. The molecule has 29 heavy (non-hydrogen) atoms. The zero-order valence-electron chi connectivity index (χ0n) is 16.8. The van der Waals surface area contributed by atoms with Gasteiger partial charge in [-0.15, -0.1) is 12.4 Å². The smallest absolute Gasteiger partial charge is 0.119 e.